The minimum Gasteiger partial charge on any atom is -0.469 e. The first-order valence-electron chi connectivity index (χ1n) is 5.84. The Hall–Kier alpha value is -0.570. The molecule has 0 unspecified atom stereocenters. The number of carbonyl (C=O) groups excluding carboxylic acids is 1. The lowest BCUT2D eigenvalue weighted by Crippen LogP contribution is -2.39. The van der Waals surface area contributed by atoms with Crippen LogP contribution in [0, 0.1) is 11.3 Å². The third-order valence-corrected chi connectivity index (χ3v) is 3.52. The van der Waals surface area contributed by atoms with E-state index in [9.17, 15) is 4.79 Å². The summed E-state index contributed by atoms with van der Waals surface area (Å²) in [6.45, 7) is 6.33. The fourth-order valence-corrected chi connectivity index (χ4v) is 2.04. The standard InChI is InChI=1S/C12H23NO2/c1-12(2,10-5-4-6-10)9-13-8-7-11(14)15-3/h10,13H,4-9H2,1-3H3. The molecule has 0 aromatic rings. The minimum absolute atomic E-state index is 0.135. The van der Waals surface area contributed by atoms with Gasteiger partial charge in [-0.05, 0) is 24.2 Å². The van der Waals surface area contributed by atoms with Crippen LogP contribution in [0.1, 0.15) is 39.5 Å². The summed E-state index contributed by atoms with van der Waals surface area (Å²) in [6.07, 6.45) is 4.59. The molecule has 0 bridgehead atoms. The second-order valence-electron chi connectivity index (χ2n) is 5.12. The molecule has 3 heteroatoms. The lowest BCUT2D eigenvalue weighted by Gasteiger charge is -2.40. The fourth-order valence-electron chi connectivity index (χ4n) is 2.04. The number of esters is 1. The molecule has 3 nitrogen and oxygen atoms in total. The predicted octanol–water partition coefficient (Wildman–Crippen LogP) is 1.97. The predicted molar refractivity (Wildman–Crippen MR) is 60.6 cm³/mol. The highest BCUT2D eigenvalue weighted by molar-refractivity contribution is 5.69. The van der Waals surface area contributed by atoms with Gasteiger partial charge in [0.2, 0.25) is 0 Å². The normalized spacial score (nSPS) is 17.3. The van der Waals surface area contributed by atoms with Gasteiger partial charge >= 0.3 is 5.97 Å². The number of rotatable bonds is 6. The van der Waals surface area contributed by atoms with E-state index in [1.807, 2.05) is 0 Å². The molecule has 0 aliphatic heterocycles. The van der Waals surface area contributed by atoms with Crippen LogP contribution < -0.4 is 5.32 Å². The highest BCUT2D eigenvalue weighted by Gasteiger charge is 2.33. The largest absolute Gasteiger partial charge is 0.469 e. The molecule has 0 aromatic carbocycles. The van der Waals surface area contributed by atoms with Crippen LogP contribution in [0.4, 0.5) is 0 Å². The summed E-state index contributed by atoms with van der Waals surface area (Å²) < 4.78 is 4.58. The molecule has 0 heterocycles. The van der Waals surface area contributed by atoms with Crippen molar-refractivity contribution in [3.63, 3.8) is 0 Å². The summed E-state index contributed by atoms with van der Waals surface area (Å²) in [7, 11) is 1.43. The monoisotopic (exact) mass is 213 g/mol. The summed E-state index contributed by atoms with van der Waals surface area (Å²) >= 11 is 0. The second kappa shape index (κ2) is 5.50. The van der Waals surface area contributed by atoms with Crippen molar-refractivity contribution >= 4 is 5.97 Å². The van der Waals surface area contributed by atoms with Crippen LogP contribution in [0.3, 0.4) is 0 Å². The molecule has 1 aliphatic carbocycles. The van der Waals surface area contributed by atoms with Gasteiger partial charge in [0.1, 0.15) is 0 Å². The lowest BCUT2D eigenvalue weighted by molar-refractivity contribution is -0.140. The van der Waals surface area contributed by atoms with Crippen molar-refractivity contribution in [2.75, 3.05) is 20.2 Å². The van der Waals surface area contributed by atoms with E-state index in [1.165, 1.54) is 26.4 Å². The molecule has 0 spiro atoms. The van der Waals surface area contributed by atoms with Crippen molar-refractivity contribution in [1.29, 1.82) is 0 Å². The van der Waals surface area contributed by atoms with Crippen molar-refractivity contribution in [3.05, 3.63) is 0 Å². The zero-order valence-corrected chi connectivity index (χ0v) is 10.1. The number of hydrogen-bond donors (Lipinski definition) is 1. The van der Waals surface area contributed by atoms with Crippen LogP contribution in [0.15, 0.2) is 0 Å². The molecular weight excluding hydrogens is 190 g/mol. The summed E-state index contributed by atoms with van der Waals surface area (Å²) in [4.78, 5) is 10.9. The van der Waals surface area contributed by atoms with Gasteiger partial charge in [-0.3, -0.25) is 4.79 Å². The average molecular weight is 213 g/mol. The van der Waals surface area contributed by atoms with E-state index in [-0.39, 0.29) is 5.97 Å². The van der Waals surface area contributed by atoms with Gasteiger partial charge in [0.05, 0.1) is 13.5 Å². The molecule has 1 fully saturated rings. The quantitative estimate of drug-likeness (QED) is 0.541. The van der Waals surface area contributed by atoms with Crippen molar-refractivity contribution in [1.82, 2.24) is 5.32 Å². The van der Waals surface area contributed by atoms with E-state index < -0.39 is 0 Å². The maximum absolute atomic E-state index is 10.9. The Kier molecular flexibility index (Phi) is 4.58. The van der Waals surface area contributed by atoms with Crippen molar-refractivity contribution < 1.29 is 9.53 Å². The lowest BCUT2D eigenvalue weighted by atomic mass is 9.67. The molecule has 1 rings (SSSR count). The van der Waals surface area contributed by atoms with Crippen molar-refractivity contribution in [2.45, 2.75) is 39.5 Å². The maximum atomic E-state index is 10.9. The van der Waals surface area contributed by atoms with E-state index in [0.29, 0.717) is 11.8 Å². The molecule has 0 saturated heterocycles. The van der Waals surface area contributed by atoms with E-state index >= 15 is 0 Å². The molecule has 0 amide bonds. The molecule has 88 valence electrons. The van der Waals surface area contributed by atoms with Gasteiger partial charge in [0.15, 0.2) is 0 Å². The van der Waals surface area contributed by atoms with Crippen LogP contribution in [0.2, 0.25) is 0 Å². The third-order valence-electron chi connectivity index (χ3n) is 3.52. The first kappa shape index (κ1) is 12.5. The minimum atomic E-state index is -0.135. The molecular formula is C12H23NO2. The van der Waals surface area contributed by atoms with Crippen LogP contribution >= 0.6 is 0 Å². The average Bonchev–Trinajstić information content (AvgIpc) is 2.08. The molecule has 1 N–H and O–H groups in total. The number of methoxy groups -OCH3 is 1. The van der Waals surface area contributed by atoms with Crippen LogP contribution in [0.5, 0.6) is 0 Å². The van der Waals surface area contributed by atoms with Gasteiger partial charge in [-0.15, -0.1) is 0 Å². The van der Waals surface area contributed by atoms with Crippen LogP contribution in [0.25, 0.3) is 0 Å². The molecule has 0 aromatic heterocycles. The first-order chi connectivity index (χ1) is 7.06. The van der Waals surface area contributed by atoms with Gasteiger partial charge in [0, 0.05) is 13.1 Å². The van der Waals surface area contributed by atoms with Gasteiger partial charge in [-0.1, -0.05) is 20.3 Å². The van der Waals surface area contributed by atoms with E-state index in [0.717, 1.165) is 19.0 Å². The summed E-state index contributed by atoms with van der Waals surface area (Å²) in [6, 6.07) is 0. The summed E-state index contributed by atoms with van der Waals surface area (Å²) in [5.74, 6) is 0.729. The van der Waals surface area contributed by atoms with E-state index in [4.69, 9.17) is 0 Å². The molecule has 0 radical (unpaired) electrons. The maximum Gasteiger partial charge on any atom is 0.306 e. The number of hydrogen-bond acceptors (Lipinski definition) is 3. The summed E-state index contributed by atoms with van der Waals surface area (Å²) in [5, 5.41) is 3.34. The highest BCUT2D eigenvalue weighted by atomic mass is 16.5. The number of carbonyl (C=O) groups is 1. The topological polar surface area (TPSA) is 38.3 Å². The van der Waals surface area contributed by atoms with Crippen molar-refractivity contribution in [2.24, 2.45) is 11.3 Å². The summed E-state index contributed by atoms with van der Waals surface area (Å²) in [5.41, 5.74) is 0.369. The van der Waals surface area contributed by atoms with E-state index in [2.05, 4.69) is 23.9 Å². The Labute approximate surface area is 92.6 Å². The van der Waals surface area contributed by atoms with Gasteiger partial charge in [-0.2, -0.15) is 0 Å². The Bertz CT molecular complexity index is 210. The third kappa shape index (κ3) is 3.82. The van der Waals surface area contributed by atoms with E-state index in [1.54, 1.807) is 0 Å². The first-order valence-corrected chi connectivity index (χ1v) is 5.84. The molecule has 1 saturated carbocycles. The highest BCUT2D eigenvalue weighted by Crippen LogP contribution is 2.41. The zero-order chi connectivity index (χ0) is 11.3. The fraction of sp³-hybridized carbons (Fsp3) is 0.917. The van der Waals surface area contributed by atoms with Gasteiger partial charge in [-0.25, -0.2) is 0 Å². The SMILES string of the molecule is COC(=O)CCNCC(C)(C)C1CCC1. The Balaban J connectivity index is 2.10. The Morgan fingerprint density at radius 1 is 1.47 bits per heavy atom. The van der Waals surface area contributed by atoms with Gasteiger partial charge in [0.25, 0.3) is 0 Å². The zero-order valence-electron chi connectivity index (χ0n) is 10.1. The smallest absolute Gasteiger partial charge is 0.306 e. The Morgan fingerprint density at radius 2 is 2.13 bits per heavy atom. The van der Waals surface area contributed by atoms with Crippen molar-refractivity contribution in [3.8, 4) is 0 Å². The van der Waals surface area contributed by atoms with Crippen LogP contribution in [-0.4, -0.2) is 26.2 Å². The van der Waals surface area contributed by atoms with Crippen LogP contribution in [-0.2, 0) is 9.53 Å². The Morgan fingerprint density at radius 3 is 2.60 bits per heavy atom. The molecule has 1 aliphatic rings. The molecule has 0 atom stereocenters. The number of nitrogens with one attached hydrogen (secondary N) is 1. The second-order valence-corrected chi connectivity index (χ2v) is 5.12. The van der Waals surface area contributed by atoms with Gasteiger partial charge < -0.3 is 10.1 Å². The molecule has 15 heavy (non-hydrogen) atoms. The number of ether oxygens (including phenoxy) is 1.